The van der Waals surface area contributed by atoms with Gasteiger partial charge < -0.3 is 19.7 Å². The fourth-order valence-electron chi connectivity index (χ4n) is 5.25. The second-order valence-corrected chi connectivity index (χ2v) is 9.97. The van der Waals surface area contributed by atoms with E-state index in [0.717, 1.165) is 51.9 Å². The molecule has 196 valence electrons. The maximum absolute atomic E-state index is 14.5. The summed E-state index contributed by atoms with van der Waals surface area (Å²) in [6.07, 6.45) is 5.44. The molecule has 1 aliphatic heterocycles. The molecule has 0 unspecified atom stereocenters. The van der Waals surface area contributed by atoms with Crippen LogP contribution >= 0.6 is 11.6 Å². The molecular formula is C27H31ClFN5O3. The van der Waals surface area contributed by atoms with Crippen LogP contribution in [0.3, 0.4) is 0 Å². The molecule has 2 aliphatic rings. The Bertz CT molecular complexity index is 1280. The van der Waals surface area contributed by atoms with Crippen LogP contribution in [0.2, 0.25) is 5.02 Å². The van der Waals surface area contributed by atoms with Gasteiger partial charge in [-0.05, 0) is 43.9 Å². The average molecular weight is 528 g/mol. The number of amides is 1. The Morgan fingerprint density at radius 1 is 1.08 bits per heavy atom. The van der Waals surface area contributed by atoms with Gasteiger partial charge in [0, 0.05) is 50.6 Å². The van der Waals surface area contributed by atoms with Crippen molar-refractivity contribution in [3.05, 3.63) is 47.5 Å². The largest absolute Gasteiger partial charge is 0.493 e. The first-order valence-electron chi connectivity index (χ1n) is 12.6. The summed E-state index contributed by atoms with van der Waals surface area (Å²) in [5, 5.41) is 3.76. The second kappa shape index (κ2) is 11.1. The number of carbonyl (C=O) groups is 1. The van der Waals surface area contributed by atoms with Crippen LogP contribution in [0.4, 0.5) is 15.9 Å². The quantitative estimate of drug-likeness (QED) is 0.481. The topological polar surface area (TPSA) is 79.8 Å². The number of halogens is 2. The summed E-state index contributed by atoms with van der Waals surface area (Å²) < 4.78 is 26.6. The Balaban J connectivity index is 1.29. The van der Waals surface area contributed by atoms with E-state index in [9.17, 15) is 9.18 Å². The summed E-state index contributed by atoms with van der Waals surface area (Å²) in [6, 6.07) is 8.96. The number of hydrogen-bond donors (Lipinski definition) is 1. The van der Waals surface area contributed by atoms with Crippen LogP contribution in [-0.4, -0.2) is 71.1 Å². The maximum Gasteiger partial charge on any atom is 0.219 e. The predicted molar refractivity (Wildman–Crippen MR) is 141 cm³/mol. The molecule has 2 fully saturated rings. The zero-order valence-corrected chi connectivity index (χ0v) is 21.8. The van der Waals surface area contributed by atoms with Gasteiger partial charge in [-0.1, -0.05) is 17.7 Å². The number of fused-ring (bicyclic) bond motifs is 1. The van der Waals surface area contributed by atoms with E-state index in [4.69, 9.17) is 21.1 Å². The van der Waals surface area contributed by atoms with Crippen molar-refractivity contribution >= 4 is 39.9 Å². The Labute approximate surface area is 220 Å². The third kappa shape index (κ3) is 5.57. The third-order valence-corrected chi connectivity index (χ3v) is 7.63. The molecule has 8 nitrogen and oxygen atoms in total. The monoisotopic (exact) mass is 527 g/mol. The molecule has 5 rings (SSSR count). The van der Waals surface area contributed by atoms with Crippen molar-refractivity contribution in [2.24, 2.45) is 0 Å². The van der Waals surface area contributed by atoms with Crippen LogP contribution in [0, 0.1) is 5.82 Å². The highest BCUT2D eigenvalue weighted by Crippen LogP contribution is 2.37. The number of aromatic nitrogens is 2. The van der Waals surface area contributed by atoms with E-state index in [-0.39, 0.29) is 22.7 Å². The Kier molecular flexibility index (Phi) is 7.62. The Hall–Kier alpha value is -3.17. The van der Waals surface area contributed by atoms with Gasteiger partial charge in [0.2, 0.25) is 5.91 Å². The zero-order chi connectivity index (χ0) is 25.9. The number of ether oxygens (including phenoxy) is 2. The number of anilines is 2. The molecule has 2 heterocycles. The van der Waals surface area contributed by atoms with Gasteiger partial charge in [-0.3, -0.25) is 9.69 Å². The van der Waals surface area contributed by atoms with Crippen molar-refractivity contribution in [3.8, 4) is 11.5 Å². The average Bonchev–Trinajstić information content (AvgIpc) is 2.91. The van der Waals surface area contributed by atoms with E-state index in [1.54, 1.807) is 26.2 Å². The number of nitrogens with one attached hydrogen (secondary N) is 1. The van der Waals surface area contributed by atoms with Gasteiger partial charge in [0.1, 0.15) is 12.1 Å². The van der Waals surface area contributed by atoms with Gasteiger partial charge in [0.05, 0.1) is 29.4 Å². The number of benzene rings is 2. The highest BCUT2D eigenvalue weighted by Gasteiger charge is 2.30. The van der Waals surface area contributed by atoms with Crippen molar-refractivity contribution in [1.29, 1.82) is 0 Å². The SMILES string of the molecule is COc1cc2ncnc(Nc3cccc(Cl)c3F)c2cc1O[C@H]1CC[C@@H](N2CCN(C(C)=O)CC2)CC1. The van der Waals surface area contributed by atoms with E-state index in [2.05, 4.69) is 20.2 Å². The number of rotatable bonds is 6. The molecule has 1 N–H and O–H groups in total. The summed E-state index contributed by atoms with van der Waals surface area (Å²) in [7, 11) is 1.60. The number of methoxy groups -OCH3 is 1. The molecule has 10 heteroatoms. The Morgan fingerprint density at radius 3 is 2.54 bits per heavy atom. The van der Waals surface area contributed by atoms with Gasteiger partial charge in [0.25, 0.3) is 0 Å². The van der Waals surface area contributed by atoms with Crippen LogP contribution in [-0.2, 0) is 4.79 Å². The van der Waals surface area contributed by atoms with Crippen LogP contribution in [0.25, 0.3) is 10.9 Å². The van der Waals surface area contributed by atoms with Gasteiger partial charge in [-0.25, -0.2) is 14.4 Å². The van der Waals surface area contributed by atoms with E-state index < -0.39 is 5.82 Å². The lowest BCUT2D eigenvalue weighted by Gasteiger charge is -2.41. The fourth-order valence-corrected chi connectivity index (χ4v) is 5.43. The van der Waals surface area contributed by atoms with Gasteiger partial charge in [0.15, 0.2) is 17.3 Å². The molecule has 0 bridgehead atoms. The van der Waals surface area contributed by atoms with Gasteiger partial charge >= 0.3 is 0 Å². The van der Waals surface area contributed by atoms with Crippen molar-refractivity contribution in [3.63, 3.8) is 0 Å². The number of hydrogen-bond acceptors (Lipinski definition) is 7. The van der Waals surface area contributed by atoms with Crippen molar-refractivity contribution in [1.82, 2.24) is 19.8 Å². The number of nitrogens with zero attached hydrogens (tertiary/aromatic N) is 4. The van der Waals surface area contributed by atoms with Crippen molar-refractivity contribution in [2.75, 3.05) is 38.6 Å². The molecule has 1 saturated heterocycles. The zero-order valence-electron chi connectivity index (χ0n) is 21.0. The molecule has 0 spiro atoms. The molecule has 0 radical (unpaired) electrons. The summed E-state index contributed by atoms with van der Waals surface area (Å²) in [5.74, 6) is 1.27. The van der Waals surface area contributed by atoms with Crippen LogP contribution in [0.1, 0.15) is 32.6 Å². The predicted octanol–water partition coefficient (Wildman–Crippen LogP) is 5.03. The minimum atomic E-state index is -0.541. The van der Waals surface area contributed by atoms with Gasteiger partial charge in [-0.2, -0.15) is 0 Å². The molecular weight excluding hydrogens is 497 g/mol. The summed E-state index contributed by atoms with van der Waals surface area (Å²) >= 11 is 5.95. The number of piperazine rings is 1. The fraction of sp³-hybridized carbons (Fsp3) is 0.444. The van der Waals surface area contributed by atoms with Crippen molar-refractivity contribution in [2.45, 2.75) is 44.8 Å². The summed E-state index contributed by atoms with van der Waals surface area (Å²) in [6.45, 7) is 5.10. The van der Waals surface area contributed by atoms with E-state index in [0.29, 0.717) is 34.3 Å². The van der Waals surface area contributed by atoms with Gasteiger partial charge in [-0.15, -0.1) is 0 Å². The van der Waals surface area contributed by atoms with Crippen LogP contribution in [0.5, 0.6) is 11.5 Å². The molecule has 37 heavy (non-hydrogen) atoms. The normalized spacial score (nSPS) is 20.6. The first-order valence-corrected chi connectivity index (χ1v) is 13.0. The molecule has 1 saturated carbocycles. The molecule has 1 aromatic heterocycles. The first-order chi connectivity index (χ1) is 17.9. The minimum absolute atomic E-state index is 0.0328. The highest BCUT2D eigenvalue weighted by molar-refractivity contribution is 6.31. The molecule has 0 atom stereocenters. The maximum atomic E-state index is 14.5. The molecule has 3 aromatic rings. The van der Waals surface area contributed by atoms with E-state index in [1.807, 2.05) is 17.0 Å². The lowest BCUT2D eigenvalue weighted by molar-refractivity contribution is -0.131. The van der Waals surface area contributed by atoms with Crippen LogP contribution in [0.15, 0.2) is 36.7 Å². The molecule has 2 aromatic carbocycles. The third-order valence-electron chi connectivity index (χ3n) is 7.34. The first kappa shape index (κ1) is 25.5. The smallest absolute Gasteiger partial charge is 0.219 e. The standard InChI is InChI=1S/C27H31ClFN5O3/c1-17(35)33-10-12-34(13-11-33)18-6-8-19(9-7-18)37-25-14-20-23(15-24(25)36-2)30-16-31-27(20)32-22-5-3-4-21(28)26(22)29/h3-5,14-16,18-19H,6-13H2,1-2H3,(H,30,31,32)/t18-,19+. The lowest BCUT2D eigenvalue weighted by atomic mass is 9.91. The molecule has 1 amide bonds. The summed E-state index contributed by atoms with van der Waals surface area (Å²) in [5.41, 5.74) is 0.880. The van der Waals surface area contributed by atoms with Crippen molar-refractivity contribution < 1.29 is 18.7 Å². The minimum Gasteiger partial charge on any atom is -0.493 e. The highest BCUT2D eigenvalue weighted by atomic mass is 35.5. The lowest BCUT2D eigenvalue weighted by Crippen LogP contribution is -2.52. The second-order valence-electron chi connectivity index (χ2n) is 9.56. The Morgan fingerprint density at radius 2 is 1.84 bits per heavy atom. The summed E-state index contributed by atoms with van der Waals surface area (Å²) in [4.78, 5) is 24.7. The van der Waals surface area contributed by atoms with Crippen LogP contribution < -0.4 is 14.8 Å². The van der Waals surface area contributed by atoms with E-state index >= 15 is 0 Å². The number of carbonyl (C=O) groups excluding carboxylic acids is 1. The molecule has 1 aliphatic carbocycles. The van der Waals surface area contributed by atoms with E-state index in [1.165, 1.54) is 12.4 Å².